The van der Waals surface area contributed by atoms with E-state index in [-0.39, 0.29) is 6.04 Å². The van der Waals surface area contributed by atoms with E-state index in [1.807, 2.05) is 18.2 Å². The SMILES string of the molecule is C=CC[C@@H](c1ccc(OC)cc1O)N1CCNCC1. The van der Waals surface area contributed by atoms with Gasteiger partial charge in [0.15, 0.2) is 0 Å². The van der Waals surface area contributed by atoms with Crippen LogP contribution in [0.2, 0.25) is 0 Å². The topological polar surface area (TPSA) is 44.7 Å². The smallest absolute Gasteiger partial charge is 0.124 e. The molecule has 0 aromatic heterocycles. The lowest BCUT2D eigenvalue weighted by molar-refractivity contribution is 0.172. The molecule has 1 aromatic carbocycles. The molecule has 0 bridgehead atoms. The van der Waals surface area contributed by atoms with Gasteiger partial charge in [-0.25, -0.2) is 0 Å². The third kappa shape index (κ3) is 3.28. The average molecular weight is 262 g/mol. The van der Waals surface area contributed by atoms with Crippen molar-refractivity contribution in [3.05, 3.63) is 36.4 Å². The Labute approximate surface area is 114 Å². The summed E-state index contributed by atoms with van der Waals surface area (Å²) >= 11 is 0. The Morgan fingerprint density at radius 2 is 2.21 bits per heavy atom. The Morgan fingerprint density at radius 3 is 2.79 bits per heavy atom. The van der Waals surface area contributed by atoms with Crippen molar-refractivity contribution in [2.75, 3.05) is 33.3 Å². The number of benzene rings is 1. The van der Waals surface area contributed by atoms with Crippen LogP contribution in [0.15, 0.2) is 30.9 Å². The number of aromatic hydroxyl groups is 1. The minimum Gasteiger partial charge on any atom is -0.507 e. The largest absolute Gasteiger partial charge is 0.507 e. The van der Waals surface area contributed by atoms with E-state index in [0.717, 1.165) is 38.2 Å². The van der Waals surface area contributed by atoms with Crippen molar-refractivity contribution in [1.29, 1.82) is 0 Å². The molecule has 4 nitrogen and oxygen atoms in total. The van der Waals surface area contributed by atoms with Gasteiger partial charge in [-0.15, -0.1) is 6.58 Å². The molecule has 0 amide bonds. The van der Waals surface area contributed by atoms with Crippen LogP contribution in [0.1, 0.15) is 18.0 Å². The first-order valence-electron chi connectivity index (χ1n) is 6.69. The zero-order valence-electron chi connectivity index (χ0n) is 11.4. The van der Waals surface area contributed by atoms with Crippen molar-refractivity contribution in [2.45, 2.75) is 12.5 Å². The number of piperazine rings is 1. The fourth-order valence-corrected chi connectivity index (χ4v) is 2.56. The summed E-state index contributed by atoms with van der Waals surface area (Å²) in [5.41, 5.74) is 0.947. The molecule has 0 radical (unpaired) electrons. The van der Waals surface area contributed by atoms with Gasteiger partial charge in [0.2, 0.25) is 0 Å². The maximum atomic E-state index is 10.2. The fraction of sp³-hybridized carbons (Fsp3) is 0.467. The highest BCUT2D eigenvalue weighted by atomic mass is 16.5. The summed E-state index contributed by atoms with van der Waals surface area (Å²) in [5.74, 6) is 0.976. The van der Waals surface area contributed by atoms with E-state index in [4.69, 9.17) is 4.74 Å². The molecule has 1 aliphatic rings. The molecule has 0 aliphatic carbocycles. The predicted octanol–water partition coefficient (Wildman–Crippen LogP) is 1.92. The third-order valence-corrected chi connectivity index (χ3v) is 3.58. The summed E-state index contributed by atoms with van der Waals surface area (Å²) in [4.78, 5) is 2.39. The second-order valence-electron chi connectivity index (χ2n) is 4.75. The number of methoxy groups -OCH3 is 1. The van der Waals surface area contributed by atoms with E-state index in [9.17, 15) is 5.11 Å². The van der Waals surface area contributed by atoms with Crippen molar-refractivity contribution >= 4 is 0 Å². The van der Waals surface area contributed by atoms with Crippen LogP contribution in [0.4, 0.5) is 0 Å². The average Bonchev–Trinajstić information content (AvgIpc) is 2.46. The molecule has 1 atom stereocenters. The molecular weight excluding hydrogens is 240 g/mol. The van der Waals surface area contributed by atoms with Gasteiger partial charge in [-0.05, 0) is 12.5 Å². The molecule has 1 aromatic rings. The number of hydrogen-bond acceptors (Lipinski definition) is 4. The van der Waals surface area contributed by atoms with Crippen molar-refractivity contribution in [3.8, 4) is 11.5 Å². The van der Waals surface area contributed by atoms with Crippen LogP contribution in [0.5, 0.6) is 11.5 Å². The molecule has 2 rings (SSSR count). The summed E-state index contributed by atoms with van der Waals surface area (Å²) < 4.78 is 5.13. The number of nitrogens with zero attached hydrogens (tertiary/aromatic N) is 1. The highest BCUT2D eigenvalue weighted by Crippen LogP contribution is 2.34. The standard InChI is InChI=1S/C15H22N2O2/c1-3-4-14(17-9-7-16-8-10-17)13-6-5-12(19-2)11-15(13)18/h3,5-6,11,14,16,18H,1,4,7-10H2,2H3/t14-/m0/s1. The van der Waals surface area contributed by atoms with Gasteiger partial charge in [0, 0.05) is 43.9 Å². The third-order valence-electron chi connectivity index (χ3n) is 3.58. The summed E-state index contributed by atoms with van der Waals surface area (Å²) in [6.07, 6.45) is 2.75. The number of ether oxygens (including phenoxy) is 1. The Kier molecular flexibility index (Phi) is 4.82. The Balaban J connectivity index is 2.24. The van der Waals surface area contributed by atoms with Crippen LogP contribution in [-0.4, -0.2) is 43.3 Å². The predicted molar refractivity (Wildman–Crippen MR) is 76.7 cm³/mol. The molecule has 0 saturated carbocycles. The second kappa shape index (κ2) is 6.59. The molecule has 0 spiro atoms. The first kappa shape index (κ1) is 13.9. The van der Waals surface area contributed by atoms with Gasteiger partial charge in [-0.2, -0.15) is 0 Å². The quantitative estimate of drug-likeness (QED) is 0.796. The molecule has 4 heteroatoms. The highest BCUT2D eigenvalue weighted by Gasteiger charge is 2.23. The molecule has 19 heavy (non-hydrogen) atoms. The lowest BCUT2D eigenvalue weighted by atomic mass is 10.00. The van der Waals surface area contributed by atoms with Crippen LogP contribution < -0.4 is 10.1 Å². The van der Waals surface area contributed by atoms with Crippen molar-refractivity contribution < 1.29 is 9.84 Å². The Hall–Kier alpha value is -1.52. The van der Waals surface area contributed by atoms with Crippen LogP contribution in [0.3, 0.4) is 0 Å². The summed E-state index contributed by atoms with van der Waals surface area (Å²) in [6, 6.07) is 5.70. The first-order valence-corrected chi connectivity index (χ1v) is 6.69. The van der Waals surface area contributed by atoms with Crippen molar-refractivity contribution in [3.63, 3.8) is 0 Å². The minimum absolute atomic E-state index is 0.186. The lowest BCUT2D eigenvalue weighted by Gasteiger charge is -2.35. The molecule has 104 valence electrons. The normalized spacial score (nSPS) is 17.9. The monoisotopic (exact) mass is 262 g/mol. The molecular formula is C15H22N2O2. The molecule has 1 heterocycles. The number of phenols is 1. The Morgan fingerprint density at radius 1 is 1.47 bits per heavy atom. The highest BCUT2D eigenvalue weighted by molar-refractivity contribution is 5.41. The summed E-state index contributed by atoms with van der Waals surface area (Å²) in [7, 11) is 1.60. The maximum Gasteiger partial charge on any atom is 0.124 e. The lowest BCUT2D eigenvalue weighted by Crippen LogP contribution is -2.45. The zero-order chi connectivity index (χ0) is 13.7. The number of rotatable bonds is 5. The fourth-order valence-electron chi connectivity index (χ4n) is 2.56. The first-order chi connectivity index (χ1) is 9.26. The van der Waals surface area contributed by atoms with E-state index < -0.39 is 0 Å². The molecule has 0 unspecified atom stereocenters. The summed E-state index contributed by atoms with van der Waals surface area (Å²) in [5, 5.41) is 13.5. The van der Waals surface area contributed by atoms with Gasteiger partial charge in [-0.3, -0.25) is 4.90 Å². The summed E-state index contributed by atoms with van der Waals surface area (Å²) in [6.45, 7) is 7.80. The van der Waals surface area contributed by atoms with Gasteiger partial charge in [-0.1, -0.05) is 12.1 Å². The second-order valence-corrected chi connectivity index (χ2v) is 4.75. The van der Waals surface area contributed by atoms with E-state index in [1.165, 1.54) is 0 Å². The van der Waals surface area contributed by atoms with Gasteiger partial charge in [0.1, 0.15) is 11.5 Å². The van der Waals surface area contributed by atoms with Crippen molar-refractivity contribution in [2.24, 2.45) is 0 Å². The maximum absolute atomic E-state index is 10.2. The number of phenolic OH excluding ortho intramolecular Hbond substituents is 1. The van der Waals surface area contributed by atoms with Crippen LogP contribution in [0.25, 0.3) is 0 Å². The van der Waals surface area contributed by atoms with Crippen LogP contribution in [0, 0.1) is 0 Å². The van der Waals surface area contributed by atoms with Gasteiger partial charge in [0.25, 0.3) is 0 Å². The molecule has 1 aliphatic heterocycles. The van der Waals surface area contributed by atoms with Crippen LogP contribution in [-0.2, 0) is 0 Å². The van der Waals surface area contributed by atoms with E-state index in [1.54, 1.807) is 13.2 Å². The minimum atomic E-state index is 0.186. The van der Waals surface area contributed by atoms with E-state index in [2.05, 4.69) is 16.8 Å². The van der Waals surface area contributed by atoms with Crippen molar-refractivity contribution in [1.82, 2.24) is 10.2 Å². The number of hydrogen-bond donors (Lipinski definition) is 2. The van der Waals surface area contributed by atoms with Gasteiger partial charge >= 0.3 is 0 Å². The number of nitrogens with one attached hydrogen (secondary N) is 1. The van der Waals surface area contributed by atoms with E-state index >= 15 is 0 Å². The van der Waals surface area contributed by atoms with Crippen LogP contribution >= 0.6 is 0 Å². The van der Waals surface area contributed by atoms with Gasteiger partial charge < -0.3 is 15.2 Å². The molecule has 1 saturated heterocycles. The van der Waals surface area contributed by atoms with Gasteiger partial charge in [0.05, 0.1) is 7.11 Å². The molecule has 2 N–H and O–H groups in total. The van der Waals surface area contributed by atoms with E-state index in [0.29, 0.717) is 11.5 Å². The Bertz CT molecular complexity index is 428. The zero-order valence-corrected chi connectivity index (χ0v) is 11.4. The molecule has 1 fully saturated rings.